The molecule has 2 aromatic rings. The smallest absolute Gasteiger partial charge is 0.188 e. The van der Waals surface area contributed by atoms with Crippen LogP contribution in [0.15, 0.2) is 29.6 Å². The van der Waals surface area contributed by atoms with Crippen LogP contribution in [0.1, 0.15) is 0 Å². The molecular formula is C11H7ClF2N2OS. The molecule has 3 nitrogen and oxygen atoms in total. The number of hydrogen-bond donors (Lipinski definition) is 0. The van der Waals surface area contributed by atoms with Gasteiger partial charge in [-0.2, -0.15) is 0 Å². The summed E-state index contributed by atoms with van der Waals surface area (Å²) in [5.74, 6) is -1.53. The molecule has 0 spiro atoms. The molecule has 0 N–H and O–H groups in total. The van der Waals surface area contributed by atoms with Gasteiger partial charge in [0.15, 0.2) is 27.6 Å². The molecule has 0 aliphatic rings. The molecule has 1 heterocycles. The molecule has 0 bridgehead atoms. The maximum Gasteiger partial charge on any atom is 0.188 e. The van der Waals surface area contributed by atoms with Gasteiger partial charge in [-0.15, -0.1) is 0 Å². The molecule has 0 aliphatic carbocycles. The zero-order valence-electron chi connectivity index (χ0n) is 9.15. The number of hydrogen-bond acceptors (Lipinski definition) is 4. The van der Waals surface area contributed by atoms with E-state index in [1.807, 2.05) is 0 Å². The Kier molecular flexibility index (Phi) is 3.98. The molecule has 2 rings (SSSR count). The van der Waals surface area contributed by atoms with Crippen LogP contribution < -0.4 is 4.74 Å². The first-order valence-corrected chi connectivity index (χ1v) is 6.40. The lowest BCUT2D eigenvalue weighted by Crippen LogP contribution is -1.94. The second kappa shape index (κ2) is 5.49. The molecule has 0 aliphatic heterocycles. The predicted octanol–water partition coefficient (Wildman–Crippen LogP) is 3.92. The van der Waals surface area contributed by atoms with Crippen LogP contribution in [0.4, 0.5) is 8.78 Å². The molecule has 0 saturated heterocycles. The van der Waals surface area contributed by atoms with Crippen LogP contribution in [-0.4, -0.2) is 16.2 Å². The lowest BCUT2D eigenvalue weighted by molar-refractivity contribution is 0.433. The first kappa shape index (κ1) is 13.0. The van der Waals surface area contributed by atoms with E-state index in [0.717, 1.165) is 12.1 Å². The monoisotopic (exact) mass is 288 g/mol. The van der Waals surface area contributed by atoms with Gasteiger partial charge in [0, 0.05) is 6.07 Å². The Hall–Kier alpha value is -1.40. The summed E-state index contributed by atoms with van der Waals surface area (Å²) in [4.78, 5) is 7.88. The molecule has 0 amide bonds. The number of rotatable bonds is 3. The summed E-state index contributed by atoms with van der Waals surface area (Å²) in [5, 5.41) is 0.546. The fourth-order valence-corrected chi connectivity index (χ4v) is 1.74. The number of halogens is 3. The Labute approximate surface area is 111 Å². The highest BCUT2D eigenvalue weighted by molar-refractivity contribution is 7.98. The van der Waals surface area contributed by atoms with Crippen LogP contribution in [0.2, 0.25) is 5.15 Å². The summed E-state index contributed by atoms with van der Waals surface area (Å²) >= 11 is 7.17. The van der Waals surface area contributed by atoms with Crippen LogP contribution in [0.5, 0.6) is 11.5 Å². The standard InChI is InChI=1S/C11H7ClF2N2OS/c1-18-11-15-5-9(10(12)16-11)17-8-3-2-6(13)4-7(8)14/h2-5H,1H3. The van der Waals surface area contributed by atoms with Crippen molar-refractivity contribution in [3.8, 4) is 11.5 Å². The van der Waals surface area contributed by atoms with E-state index in [1.165, 1.54) is 24.0 Å². The van der Waals surface area contributed by atoms with E-state index in [0.29, 0.717) is 5.16 Å². The molecule has 0 radical (unpaired) electrons. The predicted molar refractivity (Wildman–Crippen MR) is 65.3 cm³/mol. The average molecular weight is 289 g/mol. The Morgan fingerprint density at radius 1 is 1.28 bits per heavy atom. The summed E-state index contributed by atoms with van der Waals surface area (Å²) in [5.41, 5.74) is 0. The van der Waals surface area contributed by atoms with Crippen molar-refractivity contribution >= 4 is 23.4 Å². The molecule has 7 heteroatoms. The van der Waals surface area contributed by atoms with E-state index in [9.17, 15) is 8.78 Å². The van der Waals surface area contributed by atoms with Crippen LogP contribution in [0, 0.1) is 11.6 Å². The Balaban J connectivity index is 2.28. The van der Waals surface area contributed by atoms with Gasteiger partial charge < -0.3 is 4.74 Å². The third-order valence-corrected chi connectivity index (χ3v) is 2.82. The number of nitrogens with zero attached hydrogens (tertiary/aromatic N) is 2. The topological polar surface area (TPSA) is 35.0 Å². The molecule has 0 atom stereocenters. The Morgan fingerprint density at radius 2 is 2.06 bits per heavy atom. The fourth-order valence-electron chi connectivity index (χ4n) is 1.18. The summed E-state index contributed by atoms with van der Waals surface area (Å²) in [6, 6.07) is 2.98. The largest absolute Gasteiger partial charge is 0.449 e. The molecule has 1 aromatic heterocycles. The van der Waals surface area contributed by atoms with E-state index in [2.05, 4.69) is 9.97 Å². The lowest BCUT2D eigenvalue weighted by atomic mass is 10.3. The van der Waals surface area contributed by atoms with Gasteiger partial charge in [0.1, 0.15) is 5.82 Å². The third-order valence-electron chi connectivity index (χ3n) is 1.99. The van der Waals surface area contributed by atoms with E-state index in [1.54, 1.807) is 6.26 Å². The highest BCUT2D eigenvalue weighted by atomic mass is 35.5. The van der Waals surface area contributed by atoms with Crippen molar-refractivity contribution in [1.82, 2.24) is 9.97 Å². The maximum absolute atomic E-state index is 13.4. The van der Waals surface area contributed by atoms with E-state index in [-0.39, 0.29) is 16.7 Å². The Morgan fingerprint density at radius 3 is 2.67 bits per heavy atom. The lowest BCUT2D eigenvalue weighted by Gasteiger charge is -2.07. The molecule has 0 fully saturated rings. The van der Waals surface area contributed by atoms with Crippen molar-refractivity contribution in [3.05, 3.63) is 41.2 Å². The zero-order valence-corrected chi connectivity index (χ0v) is 10.7. The van der Waals surface area contributed by atoms with Crippen LogP contribution in [0.3, 0.4) is 0 Å². The number of ether oxygens (including phenoxy) is 1. The molecule has 1 aromatic carbocycles. The SMILES string of the molecule is CSc1ncc(Oc2ccc(F)cc2F)c(Cl)n1. The second-order valence-electron chi connectivity index (χ2n) is 3.19. The van der Waals surface area contributed by atoms with Gasteiger partial charge in [-0.1, -0.05) is 23.4 Å². The van der Waals surface area contributed by atoms with Gasteiger partial charge in [-0.25, -0.2) is 18.7 Å². The van der Waals surface area contributed by atoms with Crippen molar-refractivity contribution in [1.29, 1.82) is 0 Å². The normalized spacial score (nSPS) is 10.4. The zero-order chi connectivity index (χ0) is 13.1. The fraction of sp³-hybridized carbons (Fsp3) is 0.0909. The first-order valence-electron chi connectivity index (χ1n) is 4.79. The van der Waals surface area contributed by atoms with Crippen molar-refractivity contribution in [2.24, 2.45) is 0 Å². The van der Waals surface area contributed by atoms with Crippen LogP contribution in [0.25, 0.3) is 0 Å². The van der Waals surface area contributed by atoms with E-state index in [4.69, 9.17) is 16.3 Å². The van der Waals surface area contributed by atoms with Gasteiger partial charge in [0.25, 0.3) is 0 Å². The molecule has 94 valence electrons. The van der Waals surface area contributed by atoms with Gasteiger partial charge in [-0.05, 0) is 18.4 Å². The van der Waals surface area contributed by atoms with Crippen molar-refractivity contribution in [2.45, 2.75) is 5.16 Å². The van der Waals surface area contributed by atoms with Gasteiger partial charge >= 0.3 is 0 Å². The first-order chi connectivity index (χ1) is 8.60. The number of thioether (sulfide) groups is 1. The van der Waals surface area contributed by atoms with E-state index < -0.39 is 11.6 Å². The second-order valence-corrected chi connectivity index (χ2v) is 4.32. The highest BCUT2D eigenvalue weighted by Crippen LogP contribution is 2.30. The van der Waals surface area contributed by atoms with E-state index >= 15 is 0 Å². The minimum Gasteiger partial charge on any atom is -0.449 e. The van der Waals surface area contributed by atoms with Crippen molar-refractivity contribution < 1.29 is 13.5 Å². The van der Waals surface area contributed by atoms with Gasteiger partial charge in [0.05, 0.1) is 6.20 Å². The highest BCUT2D eigenvalue weighted by Gasteiger charge is 2.10. The summed E-state index contributed by atoms with van der Waals surface area (Å²) < 4.78 is 31.3. The third kappa shape index (κ3) is 2.88. The molecule has 0 unspecified atom stereocenters. The summed E-state index contributed by atoms with van der Waals surface area (Å²) in [7, 11) is 0. The Bertz CT molecular complexity index is 583. The average Bonchev–Trinajstić information content (AvgIpc) is 2.34. The van der Waals surface area contributed by atoms with Crippen LogP contribution >= 0.6 is 23.4 Å². The van der Waals surface area contributed by atoms with Crippen molar-refractivity contribution in [2.75, 3.05) is 6.26 Å². The van der Waals surface area contributed by atoms with Gasteiger partial charge in [-0.3, -0.25) is 0 Å². The minimum atomic E-state index is -0.819. The molecule has 0 saturated carbocycles. The summed E-state index contributed by atoms with van der Waals surface area (Å²) in [6.45, 7) is 0. The minimum absolute atomic E-state index is 0.0677. The van der Waals surface area contributed by atoms with Crippen molar-refractivity contribution in [3.63, 3.8) is 0 Å². The van der Waals surface area contributed by atoms with Crippen LogP contribution in [-0.2, 0) is 0 Å². The number of benzene rings is 1. The van der Waals surface area contributed by atoms with Gasteiger partial charge in [0.2, 0.25) is 0 Å². The maximum atomic E-state index is 13.4. The molecular weight excluding hydrogens is 282 g/mol. The summed E-state index contributed by atoms with van der Waals surface area (Å²) in [6.07, 6.45) is 3.13. The quantitative estimate of drug-likeness (QED) is 0.487. The molecule has 18 heavy (non-hydrogen) atoms. The number of aromatic nitrogens is 2.